The van der Waals surface area contributed by atoms with Gasteiger partial charge in [-0.25, -0.2) is 10.8 Å². The molecule has 0 amide bonds. The third-order valence-corrected chi connectivity index (χ3v) is 3.17. The van der Waals surface area contributed by atoms with Gasteiger partial charge in [-0.15, -0.1) is 0 Å². The Morgan fingerprint density at radius 1 is 1.22 bits per heavy atom. The Bertz CT molecular complexity index is 723. The third-order valence-electron chi connectivity index (χ3n) is 2.93. The van der Waals surface area contributed by atoms with Crippen molar-refractivity contribution >= 4 is 28.9 Å². The van der Waals surface area contributed by atoms with E-state index in [1.165, 1.54) is 12.1 Å². The van der Waals surface area contributed by atoms with Gasteiger partial charge in [-0.1, -0.05) is 11.6 Å². The second-order valence-electron chi connectivity index (χ2n) is 4.54. The summed E-state index contributed by atoms with van der Waals surface area (Å²) in [6.07, 6.45) is -4.53. The van der Waals surface area contributed by atoms with Crippen LogP contribution in [0, 0.1) is 0 Å². The molecular weight excluding hydrogens is 335 g/mol. The van der Waals surface area contributed by atoms with Gasteiger partial charge in [0.15, 0.2) is 5.82 Å². The van der Waals surface area contributed by atoms with Crippen LogP contribution < -0.4 is 27.5 Å². The van der Waals surface area contributed by atoms with Crippen LogP contribution >= 0.6 is 11.6 Å². The Morgan fingerprint density at radius 2 is 1.91 bits per heavy atom. The summed E-state index contributed by atoms with van der Waals surface area (Å²) in [5.41, 5.74) is 12.6. The molecule has 0 unspecified atom stereocenters. The molecule has 6 nitrogen and oxygen atoms in total. The lowest BCUT2D eigenvalue weighted by Gasteiger charge is -2.16. The first-order valence-corrected chi connectivity index (χ1v) is 6.61. The normalized spacial score (nSPS) is 11.3. The van der Waals surface area contributed by atoms with Gasteiger partial charge in [-0.05, 0) is 18.2 Å². The van der Waals surface area contributed by atoms with Gasteiger partial charge in [0, 0.05) is 16.7 Å². The van der Waals surface area contributed by atoms with Gasteiger partial charge >= 0.3 is 6.18 Å². The zero-order valence-corrected chi connectivity index (χ0v) is 12.4. The molecule has 0 saturated carbocycles. The van der Waals surface area contributed by atoms with Crippen molar-refractivity contribution < 1.29 is 17.9 Å². The van der Waals surface area contributed by atoms with Gasteiger partial charge in [0.1, 0.15) is 23.9 Å². The Hall–Kier alpha value is -2.39. The summed E-state index contributed by atoms with van der Waals surface area (Å²) in [5, 5.41) is 0.156. The zero-order chi connectivity index (χ0) is 17.2. The van der Waals surface area contributed by atoms with Crippen molar-refractivity contribution in [1.29, 1.82) is 0 Å². The molecule has 0 aliphatic heterocycles. The minimum atomic E-state index is -4.53. The maximum absolute atomic E-state index is 13.0. The molecule has 0 spiro atoms. The molecule has 23 heavy (non-hydrogen) atoms. The number of benzene rings is 1. The second kappa shape index (κ2) is 6.39. The standard InChI is InChI=1S/C13H13ClF3N5O/c14-7-1-2-8(13(15,16)17)6(3-7)5-23-9-4-10(18)21-12(22-20)11(9)19/h1-4H,5,19-20H2,(H3,18,21,22). The number of nitrogens with two attached hydrogens (primary N) is 3. The number of nitrogen functional groups attached to an aromatic ring is 3. The van der Waals surface area contributed by atoms with Gasteiger partial charge in [-0.2, -0.15) is 13.2 Å². The number of hydrogen-bond acceptors (Lipinski definition) is 6. The number of anilines is 3. The number of pyridine rings is 1. The van der Waals surface area contributed by atoms with Crippen molar-refractivity contribution in [3.63, 3.8) is 0 Å². The number of nitrogens with one attached hydrogen (secondary N) is 1. The van der Waals surface area contributed by atoms with Crippen molar-refractivity contribution in [2.45, 2.75) is 12.8 Å². The monoisotopic (exact) mass is 347 g/mol. The van der Waals surface area contributed by atoms with Crippen LogP contribution in [0.25, 0.3) is 0 Å². The average Bonchev–Trinajstić information content (AvgIpc) is 2.46. The molecule has 2 rings (SSSR count). The van der Waals surface area contributed by atoms with E-state index in [0.29, 0.717) is 0 Å². The minimum Gasteiger partial charge on any atom is -0.486 e. The fraction of sp³-hybridized carbons (Fsp3) is 0.154. The topological polar surface area (TPSA) is 112 Å². The van der Waals surface area contributed by atoms with E-state index in [4.69, 9.17) is 33.6 Å². The van der Waals surface area contributed by atoms with Crippen LogP contribution in [-0.4, -0.2) is 4.98 Å². The molecule has 0 atom stereocenters. The van der Waals surface area contributed by atoms with Crippen LogP contribution in [0.4, 0.5) is 30.5 Å². The predicted molar refractivity (Wildman–Crippen MR) is 81.7 cm³/mol. The first-order valence-electron chi connectivity index (χ1n) is 6.23. The Balaban J connectivity index is 2.32. The molecular formula is C13H13ClF3N5O. The smallest absolute Gasteiger partial charge is 0.416 e. The van der Waals surface area contributed by atoms with Crippen LogP contribution in [0.2, 0.25) is 5.02 Å². The number of aromatic nitrogens is 1. The number of alkyl halides is 3. The number of hydrogen-bond donors (Lipinski definition) is 4. The van der Waals surface area contributed by atoms with Gasteiger partial charge < -0.3 is 21.6 Å². The number of rotatable bonds is 4. The molecule has 0 aliphatic rings. The minimum absolute atomic E-state index is 0.0253. The van der Waals surface area contributed by atoms with E-state index in [1.807, 2.05) is 0 Å². The van der Waals surface area contributed by atoms with E-state index in [-0.39, 0.29) is 33.7 Å². The predicted octanol–water partition coefficient (Wildman–Crippen LogP) is 2.78. The molecule has 10 heteroatoms. The van der Waals surface area contributed by atoms with Crippen molar-refractivity contribution in [3.8, 4) is 5.75 Å². The fourth-order valence-corrected chi connectivity index (χ4v) is 2.09. The summed E-state index contributed by atoms with van der Waals surface area (Å²) in [6, 6.07) is 4.50. The Morgan fingerprint density at radius 3 is 2.52 bits per heavy atom. The van der Waals surface area contributed by atoms with Gasteiger partial charge in [0.25, 0.3) is 0 Å². The molecule has 0 fully saturated rings. The molecule has 2 aromatic rings. The van der Waals surface area contributed by atoms with Crippen LogP contribution in [-0.2, 0) is 12.8 Å². The van der Waals surface area contributed by atoms with Crippen molar-refractivity contribution in [2.24, 2.45) is 5.84 Å². The summed E-state index contributed by atoms with van der Waals surface area (Å²) in [7, 11) is 0. The van der Waals surface area contributed by atoms with E-state index in [1.54, 1.807) is 0 Å². The van der Waals surface area contributed by atoms with Gasteiger partial charge in [0.05, 0.1) is 5.56 Å². The second-order valence-corrected chi connectivity index (χ2v) is 4.98. The molecule has 124 valence electrons. The average molecular weight is 348 g/mol. The molecule has 0 aliphatic carbocycles. The van der Waals surface area contributed by atoms with Crippen LogP contribution in [0.15, 0.2) is 24.3 Å². The molecule has 1 aromatic carbocycles. The van der Waals surface area contributed by atoms with E-state index in [9.17, 15) is 13.2 Å². The Labute approximate surface area is 134 Å². The molecule has 7 N–H and O–H groups in total. The SMILES string of the molecule is NNc1nc(N)cc(OCc2cc(Cl)ccc2C(F)(F)F)c1N. The van der Waals surface area contributed by atoms with E-state index in [2.05, 4.69) is 10.4 Å². The molecule has 0 radical (unpaired) electrons. The maximum atomic E-state index is 13.0. The molecule has 1 heterocycles. The highest BCUT2D eigenvalue weighted by Crippen LogP contribution is 2.35. The summed E-state index contributed by atoms with van der Waals surface area (Å²) in [5.74, 6) is 5.38. The largest absolute Gasteiger partial charge is 0.486 e. The van der Waals surface area contributed by atoms with Gasteiger partial charge in [0.2, 0.25) is 0 Å². The fourth-order valence-electron chi connectivity index (χ4n) is 1.89. The van der Waals surface area contributed by atoms with E-state index >= 15 is 0 Å². The lowest BCUT2D eigenvalue weighted by molar-refractivity contribution is -0.138. The van der Waals surface area contributed by atoms with E-state index in [0.717, 1.165) is 12.1 Å². The van der Waals surface area contributed by atoms with Gasteiger partial charge in [-0.3, -0.25) is 0 Å². The van der Waals surface area contributed by atoms with Crippen molar-refractivity contribution in [1.82, 2.24) is 4.98 Å². The maximum Gasteiger partial charge on any atom is 0.416 e. The van der Waals surface area contributed by atoms with Crippen LogP contribution in [0.3, 0.4) is 0 Å². The highest BCUT2D eigenvalue weighted by atomic mass is 35.5. The highest BCUT2D eigenvalue weighted by Gasteiger charge is 2.33. The summed E-state index contributed by atoms with van der Waals surface area (Å²) < 4.78 is 44.3. The lowest BCUT2D eigenvalue weighted by Crippen LogP contribution is -2.14. The number of hydrazine groups is 1. The van der Waals surface area contributed by atoms with Crippen LogP contribution in [0.1, 0.15) is 11.1 Å². The number of ether oxygens (including phenoxy) is 1. The highest BCUT2D eigenvalue weighted by molar-refractivity contribution is 6.30. The molecule has 1 aromatic heterocycles. The lowest BCUT2D eigenvalue weighted by atomic mass is 10.1. The molecule has 0 saturated heterocycles. The van der Waals surface area contributed by atoms with Crippen LogP contribution in [0.5, 0.6) is 5.75 Å². The summed E-state index contributed by atoms with van der Waals surface area (Å²) >= 11 is 5.75. The quantitative estimate of drug-likeness (QED) is 0.500. The van der Waals surface area contributed by atoms with Crippen molar-refractivity contribution in [2.75, 3.05) is 16.9 Å². The third kappa shape index (κ3) is 3.88. The Kier molecular flexibility index (Phi) is 4.71. The first kappa shape index (κ1) is 17.0. The first-order chi connectivity index (χ1) is 10.7. The zero-order valence-electron chi connectivity index (χ0n) is 11.6. The van der Waals surface area contributed by atoms with Crippen molar-refractivity contribution in [3.05, 3.63) is 40.4 Å². The summed E-state index contributed by atoms with van der Waals surface area (Å²) in [4.78, 5) is 3.81. The molecule has 0 bridgehead atoms. The van der Waals surface area contributed by atoms with E-state index < -0.39 is 18.3 Å². The summed E-state index contributed by atoms with van der Waals surface area (Å²) in [6.45, 7) is -0.410. The number of halogens is 4. The number of nitrogens with zero attached hydrogens (tertiary/aromatic N) is 1.